The van der Waals surface area contributed by atoms with Crippen LogP contribution >= 0.6 is 23.2 Å². The number of nitrogens with one attached hydrogen (secondary N) is 1. The van der Waals surface area contributed by atoms with Gasteiger partial charge < -0.3 is 15.0 Å². The van der Waals surface area contributed by atoms with E-state index in [0.29, 0.717) is 34.3 Å². The van der Waals surface area contributed by atoms with E-state index in [1.807, 2.05) is 13.8 Å². The molecular formula is C31H37Cl2N3O5S. The summed E-state index contributed by atoms with van der Waals surface area (Å²) >= 11 is 12.9. The standard InChI is InChI=1S/C31H37Cl2N3O5S/c1-5-7-19-34-31(38)29(6-2)35(20-26-27(32)9-8-10-28(26)33)30(37)21-36(23-13-15-24(41-4)16-14-23)42(39,40)25-17-11-22(3)12-18-25/h8-18,29H,5-7,19-21H2,1-4H3,(H,34,38)/t29-/m0/s1. The fraction of sp³-hybridized carbons (Fsp3) is 0.355. The van der Waals surface area contributed by atoms with Gasteiger partial charge in [0.1, 0.15) is 18.3 Å². The van der Waals surface area contributed by atoms with Gasteiger partial charge in [-0.1, -0.05) is 67.2 Å². The smallest absolute Gasteiger partial charge is 0.264 e. The van der Waals surface area contributed by atoms with Crippen LogP contribution in [0, 0.1) is 6.92 Å². The molecule has 0 fully saturated rings. The number of carbonyl (C=O) groups excluding carboxylic acids is 2. The number of carbonyl (C=O) groups is 2. The molecule has 0 aromatic heterocycles. The molecule has 0 radical (unpaired) electrons. The molecule has 3 aromatic carbocycles. The van der Waals surface area contributed by atoms with Gasteiger partial charge in [0.05, 0.1) is 17.7 Å². The van der Waals surface area contributed by atoms with Crippen molar-refractivity contribution in [1.82, 2.24) is 10.2 Å². The predicted molar refractivity (Wildman–Crippen MR) is 168 cm³/mol. The van der Waals surface area contributed by atoms with Crippen molar-refractivity contribution >= 4 is 50.7 Å². The van der Waals surface area contributed by atoms with E-state index in [0.717, 1.165) is 22.7 Å². The maximum absolute atomic E-state index is 14.2. The molecule has 11 heteroatoms. The van der Waals surface area contributed by atoms with Crippen LogP contribution in [0.25, 0.3) is 0 Å². The molecule has 1 N–H and O–H groups in total. The summed E-state index contributed by atoms with van der Waals surface area (Å²) in [7, 11) is -2.68. The lowest BCUT2D eigenvalue weighted by atomic mass is 10.1. The second-order valence-corrected chi connectivity index (χ2v) is 12.5. The van der Waals surface area contributed by atoms with Crippen LogP contribution in [-0.4, -0.2) is 51.4 Å². The minimum Gasteiger partial charge on any atom is -0.497 e. The lowest BCUT2D eigenvalue weighted by Crippen LogP contribution is -2.52. The molecule has 3 rings (SSSR count). The highest BCUT2D eigenvalue weighted by atomic mass is 35.5. The average molecular weight is 635 g/mol. The highest BCUT2D eigenvalue weighted by Crippen LogP contribution is 2.29. The number of ether oxygens (including phenoxy) is 1. The Balaban J connectivity index is 2.08. The third-order valence-electron chi connectivity index (χ3n) is 6.85. The number of hydrogen-bond acceptors (Lipinski definition) is 5. The SMILES string of the molecule is CCCCNC(=O)[C@H](CC)N(Cc1c(Cl)cccc1Cl)C(=O)CN(c1ccc(OC)cc1)S(=O)(=O)c1ccc(C)cc1. The first-order valence-electron chi connectivity index (χ1n) is 13.8. The predicted octanol–water partition coefficient (Wildman–Crippen LogP) is 6.23. The minimum absolute atomic E-state index is 0.0294. The van der Waals surface area contributed by atoms with E-state index in [2.05, 4.69) is 5.32 Å². The average Bonchev–Trinajstić information content (AvgIpc) is 2.97. The summed E-state index contributed by atoms with van der Waals surface area (Å²) in [4.78, 5) is 28.9. The first-order chi connectivity index (χ1) is 20.0. The van der Waals surface area contributed by atoms with Crippen LogP contribution in [0.4, 0.5) is 5.69 Å². The summed E-state index contributed by atoms with van der Waals surface area (Å²) in [6, 6.07) is 16.9. The molecule has 0 saturated heterocycles. The Morgan fingerprint density at radius 2 is 1.57 bits per heavy atom. The molecule has 1 atom stereocenters. The van der Waals surface area contributed by atoms with Crippen molar-refractivity contribution in [2.45, 2.75) is 57.5 Å². The second kappa shape index (κ2) is 15.3. The number of nitrogens with zero attached hydrogens (tertiary/aromatic N) is 2. The van der Waals surface area contributed by atoms with Crippen LogP contribution in [0.2, 0.25) is 10.0 Å². The fourth-order valence-electron chi connectivity index (χ4n) is 4.39. The molecule has 0 heterocycles. The number of sulfonamides is 1. The topological polar surface area (TPSA) is 96.0 Å². The van der Waals surface area contributed by atoms with Crippen LogP contribution in [0.1, 0.15) is 44.2 Å². The molecule has 3 aromatic rings. The molecule has 0 bridgehead atoms. The van der Waals surface area contributed by atoms with Gasteiger partial charge in [-0.2, -0.15) is 0 Å². The first kappa shape index (κ1) is 33.2. The van der Waals surface area contributed by atoms with E-state index in [1.165, 1.54) is 24.1 Å². The number of benzene rings is 3. The van der Waals surface area contributed by atoms with Crippen molar-refractivity contribution in [3.8, 4) is 5.75 Å². The summed E-state index contributed by atoms with van der Waals surface area (Å²) in [5, 5.41) is 3.57. The fourth-order valence-corrected chi connectivity index (χ4v) is 6.33. The lowest BCUT2D eigenvalue weighted by molar-refractivity contribution is -0.140. The van der Waals surface area contributed by atoms with Gasteiger partial charge in [-0.3, -0.25) is 13.9 Å². The monoisotopic (exact) mass is 633 g/mol. The van der Waals surface area contributed by atoms with Crippen molar-refractivity contribution in [3.63, 3.8) is 0 Å². The van der Waals surface area contributed by atoms with Gasteiger partial charge in [0.2, 0.25) is 11.8 Å². The summed E-state index contributed by atoms with van der Waals surface area (Å²) < 4.78 is 34.2. The number of amides is 2. The molecule has 0 aliphatic rings. The van der Waals surface area contributed by atoms with E-state index in [4.69, 9.17) is 27.9 Å². The third-order valence-corrected chi connectivity index (χ3v) is 9.35. The Kier molecular flexibility index (Phi) is 12.1. The quantitative estimate of drug-likeness (QED) is 0.212. The van der Waals surface area contributed by atoms with Crippen LogP contribution < -0.4 is 14.4 Å². The molecule has 0 aliphatic heterocycles. The Bertz CT molecular complexity index is 1440. The Morgan fingerprint density at radius 3 is 2.12 bits per heavy atom. The van der Waals surface area contributed by atoms with Gasteiger partial charge in [0, 0.05) is 28.7 Å². The number of unbranched alkanes of at least 4 members (excludes halogenated alkanes) is 1. The Hall–Kier alpha value is -3.27. The lowest BCUT2D eigenvalue weighted by Gasteiger charge is -2.33. The minimum atomic E-state index is -4.19. The molecule has 226 valence electrons. The number of methoxy groups -OCH3 is 1. The van der Waals surface area contributed by atoms with Crippen LogP contribution in [0.15, 0.2) is 71.6 Å². The molecule has 0 unspecified atom stereocenters. The van der Waals surface area contributed by atoms with E-state index >= 15 is 0 Å². The summed E-state index contributed by atoms with van der Waals surface area (Å²) in [6.07, 6.45) is 1.97. The molecule has 8 nitrogen and oxygen atoms in total. The van der Waals surface area contributed by atoms with Gasteiger partial charge in [0.15, 0.2) is 0 Å². The Morgan fingerprint density at radius 1 is 0.952 bits per heavy atom. The summed E-state index contributed by atoms with van der Waals surface area (Å²) in [5.74, 6) is -0.391. The highest BCUT2D eigenvalue weighted by Gasteiger charge is 2.34. The number of hydrogen-bond donors (Lipinski definition) is 1. The van der Waals surface area contributed by atoms with Crippen molar-refractivity contribution in [2.75, 3.05) is 24.5 Å². The van der Waals surface area contributed by atoms with Crippen molar-refractivity contribution in [2.24, 2.45) is 0 Å². The molecule has 0 spiro atoms. The zero-order valence-corrected chi connectivity index (χ0v) is 26.6. The van der Waals surface area contributed by atoms with Gasteiger partial charge in [-0.15, -0.1) is 0 Å². The van der Waals surface area contributed by atoms with Gasteiger partial charge in [-0.25, -0.2) is 8.42 Å². The van der Waals surface area contributed by atoms with Crippen LogP contribution in [-0.2, 0) is 26.2 Å². The maximum atomic E-state index is 14.2. The van der Waals surface area contributed by atoms with Crippen LogP contribution in [0.5, 0.6) is 5.75 Å². The molecule has 0 saturated carbocycles. The van der Waals surface area contributed by atoms with Crippen molar-refractivity contribution < 1.29 is 22.7 Å². The Labute approximate surface area is 258 Å². The zero-order chi connectivity index (χ0) is 30.9. The number of rotatable bonds is 14. The highest BCUT2D eigenvalue weighted by molar-refractivity contribution is 7.92. The van der Waals surface area contributed by atoms with Gasteiger partial charge in [-0.05, 0) is 68.3 Å². The summed E-state index contributed by atoms with van der Waals surface area (Å²) in [5.41, 5.74) is 1.62. The second-order valence-electron chi connectivity index (χ2n) is 9.81. The zero-order valence-electron chi connectivity index (χ0n) is 24.3. The number of anilines is 1. The maximum Gasteiger partial charge on any atom is 0.264 e. The molecule has 0 aliphatic carbocycles. The number of aryl methyl sites for hydroxylation is 1. The van der Waals surface area contributed by atoms with E-state index in [1.54, 1.807) is 61.5 Å². The summed E-state index contributed by atoms with van der Waals surface area (Å²) in [6.45, 7) is 5.47. The van der Waals surface area contributed by atoms with E-state index in [-0.39, 0.29) is 23.0 Å². The van der Waals surface area contributed by atoms with E-state index < -0.39 is 28.5 Å². The normalized spacial score (nSPS) is 12.0. The van der Waals surface area contributed by atoms with Gasteiger partial charge in [0.25, 0.3) is 10.0 Å². The van der Waals surface area contributed by atoms with E-state index in [9.17, 15) is 18.0 Å². The van der Waals surface area contributed by atoms with Gasteiger partial charge >= 0.3 is 0 Å². The molecular weight excluding hydrogens is 597 g/mol. The molecule has 2 amide bonds. The third kappa shape index (κ3) is 8.18. The first-order valence-corrected chi connectivity index (χ1v) is 16.0. The van der Waals surface area contributed by atoms with Crippen LogP contribution in [0.3, 0.4) is 0 Å². The number of halogens is 2. The largest absolute Gasteiger partial charge is 0.497 e. The van der Waals surface area contributed by atoms with Crippen molar-refractivity contribution in [3.05, 3.63) is 87.9 Å². The van der Waals surface area contributed by atoms with Crippen molar-refractivity contribution in [1.29, 1.82) is 0 Å². The molecule has 42 heavy (non-hydrogen) atoms.